The van der Waals surface area contributed by atoms with Crippen molar-refractivity contribution in [3.8, 4) is 6.07 Å². The zero-order valence-electron chi connectivity index (χ0n) is 30.6. The van der Waals surface area contributed by atoms with Gasteiger partial charge in [0.25, 0.3) is 0 Å². The standard InChI is InChI=1S/C36H46F3N9O3S2/c1-6-32-43-33(29-16-27(17-36(37,38)39)52-35(29)44-32)42-25-9-11-45(12-10-25)20-24-7-8-30-28(23(24)3)15-26(18-40)47(30)19-22(2)46-13-14-48(53(5,50)51)31(21-46)34(49)41-4/h7-8,15-16,22,25,31H,6,9-14,17,19-21H2,1-5H3,(H,41,49)(H,42,43,44)/t22-,31-/m0/s1. The Bertz CT molecular complexity index is 2140. The molecular formula is C36H46F3N9O3S2. The second-order valence-electron chi connectivity index (χ2n) is 14.1. The fourth-order valence-electron chi connectivity index (χ4n) is 7.56. The molecule has 1 amide bonds. The number of thiophene rings is 1. The van der Waals surface area contributed by atoms with E-state index in [1.54, 1.807) is 6.07 Å². The zero-order chi connectivity index (χ0) is 38.2. The number of nitrogens with one attached hydrogen (secondary N) is 2. The van der Waals surface area contributed by atoms with Gasteiger partial charge in [-0.15, -0.1) is 11.3 Å². The monoisotopic (exact) mass is 773 g/mol. The summed E-state index contributed by atoms with van der Waals surface area (Å²) in [5.74, 6) is 0.858. The Labute approximate surface area is 312 Å². The molecule has 0 radical (unpaired) electrons. The Hall–Kier alpha value is -3.82. The van der Waals surface area contributed by atoms with Gasteiger partial charge in [0.15, 0.2) is 0 Å². The fourth-order valence-corrected chi connectivity index (χ4v) is 9.68. The molecule has 2 aliphatic rings. The summed E-state index contributed by atoms with van der Waals surface area (Å²) in [6.45, 7) is 9.88. The van der Waals surface area contributed by atoms with Gasteiger partial charge in [-0.05, 0) is 56.0 Å². The molecule has 53 heavy (non-hydrogen) atoms. The second-order valence-corrected chi connectivity index (χ2v) is 17.2. The summed E-state index contributed by atoms with van der Waals surface area (Å²) in [5.41, 5.74) is 3.77. The molecule has 2 fully saturated rings. The normalized spacial score (nSPS) is 19.1. The van der Waals surface area contributed by atoms with E-state index in [4.69, 9.17) is 0 Å². The van der Waals surface area contributed by atoms with Crippen LogP contribution in [-0.2, 0) is 40.7 Å². The molecule has 12 nitrogen and oxygen atoms in total. The fraction of sp³-hybridized carbons (Fsp3) is 0.556. The Morgan fingerprint density at radius 2 is 1.87 bits per heavy atom. The van der Waals surface area contributed by atoms with Crippen molar-refractivity contribution < 1.29 is 26.4 Å². The third kappa shape index (κ3) is 8.62. The first-order valence-corrected chi connectivity index (χ1v) is 20.5. The maximum absolute atomic E-state index is 13.1. The number of hydrogen-bond acceptors (Lipinski definition) is 10. The van der Waals surface area contributed by atoms with Crippen LogP contribution in [0.15, 0.2) is 24.3 Å². The Balaban J connectivity index is 1.12. The van der Waals surface area contributed by atoms with Gasteiger partial charge < -0.3 is 15.2 Å². The maximum Gasteiger partial charge on any atom is 0.393 e. The number of hydrogen-bond donors (Lipinski definition) is 2. The van der Waals surface area contributed by atoms with Gasteiger partial charge in [-0.1, -0.05) is 13.0 Å². The number of piperidine rings is 1. The minimum Gasteiger partial charge on any atom is -0.367 e. The van der Waals surface area contributed by atoms with E-state index in [0.717, 1.165) is 66.5 Å². The number of sulfonamides is 1. The summed E-state index contributed by atoms with van der Waals surface area (Å²) in [6, 6.07) is 9.27. The quantitative estimate of drug-likeness (QED) is 0.223. The minimum atomic E-state index is -4.29. The number of piperazine rings is 1. The van der Waals surface area contributed by atoms with Gasteiger partial charge in [0.05, 0.1) is 18.1 Å². The molecule has 0 aliphatic carbocycles. The first-order chi connectivity index (χ1) is 25.1. The van der Waals surface area contributed by atoms with Crippen LogP contribution in [0.2, 0.25) is 0 Å². The summed E-state index contributed by atoms with van der Waals surface area (Å²) >= 11 is 1.07. The van der Waals surface area contributed by atoms with E-state index in [0.29, 0.717) is 47.1 Å². The van der Waals surface area contributed by atoms with Crippen molar-refractivity contribution in [3.63, 3.8) is 0 Å². The summed E-state index contributed by atoms with van der Waals surface area (Å²) in [6.07, 6.45) is -1.86. The average Bonchev–Trinajstić information content (AvgIpc) is 3.68. The van der Waals surface area contributed by atoms with Crippen molar-refractivity contribution in [3.05, 3.63) is 51.8 Å². The number of carbonyl (C=O) groups is 1. The van der Waals surface area contributed by atoms with Gasteiger partial charge >= 0.3 is 6.18 Å². The molecule has 286 valence electrons. The van der Waals surface area contributed by atoms with Gasteiger partial charge in [-0.2, -0.15) is 22.7 Å². The molecule has 2 aliphatic heterocycles. The Kier molecular flexibility index (Phi) is 11.4. The van der Waals surface area contributed by atoms with Crippen molar-refractivity contribution in [2.24, 2.45) is 0 Å². The predicted molar refractivity (Wildman–Crippen MR) is 200 cm³/mol. The van der Waals surface area contributed by atoms with E-state index in [9.17, 15) is 31.6 Å². The van der Waals surface area contributed by atoms with Gasteiger partial charge in [0.2, 0.25) is 15.9 Å². The van der Waals surface area contributed by atoms with Crippen LogP contribution in [0.1, 0.15) is 54.2 Å². The lowest BCUT2D eigenvalue weighted by atomic mass is 10.0. The number of nitrogens with zero attached hydrogens (tertiary/aromatic N) is 7. The second kappa shape index (κ2) is 15.5. The molecule has 2 saturated heterocycles. The van der Waals surface area contributed by atoms with Crippen molar-refractivity contribution in [2.75, 3.05) is 51.3 Å². The van der Waals surface area contributed by atoms with Crippen LogP contribution >= 0.6 is 11.3 Å². The minimum absolute atomic E-state index is 0.0739. The van der Waals surface area contributed by atoms with E-state index >= 15 is 0 Å². The molecular weight excluding hydrogens is 728 g/mol. The highest BCUT2D eigenvalue weighted by molar-refractivity contribution is 7.88. The molecule has 3 aromatic heterocycles. The number of likely N-dealkylation sites (N-methyl/N-ethyl adjacent to an activating group) is 1. The molecule has 0 unspecified atom stereocenters. The number of carbonyl (C=O) groups excluding carboxylic acids is 1. The Morgan fingerprint density at radius 3 is 2.51 bits per heavy atom. The lowest BCUT2D eigenvalue weighted by Crippen LogP contribution is -2.61. The highest BCUT2D eigenvalue weighted by Crippen LogP contribution is 2.34. The van der Waals surface area contributed by atoms with E-state index in [1.165, 1.54) is 16.9 Å². The molecule has 4 aromatic rings. The number of halogens is 3. The van der Waals surface area contributed by atoms with E-state index in [1.807, 2.05) is 24.5 Å². The van der Waals surface area contributed by atoms with Crippen molar-refractivity contribution in [1.82, 2.24) is 34.0 Å². The predicted octanol–water partition coefficient (Wildman–Crippen LogP) is 4.65. The maximum atomic E-state index is 13.1. The molecule has 2 atom stereocenters. The number of alkyl halides is 3. The van der Waals surface area contributed by atoms with Crippen LogP contribution in [0.3, 0.4) is 0 Å². The van der Waals surface area contributed by atoms with Gasteiger partial charge in [0.1, 0.15) is 34.3 Å². The van der Waals surface area contributed by atoms with Crippen LogP contribution in [0.5, 0.6) is 0 Å². The van der Waals surface area contributed by atoms with Gasteiger partial charge in [0, 0.05) is 87.1 Å². The summed E-state index contributed by atoms with van der Waals surface area (Å²) < 4.78 is 67.4. The number of likely N-dealkylation sites (tertiary alicyclic amines) is 1. The molecule has 6 rings (SSSR count). The number of benzene rings is 1. The highest BCUT2D eigenvalue weighted by Gasteiger charge is 2.38. The van der Waals surface area contributed by atoms with E-state index < -0.39 is 28.7 Å². The number of fused-ring (bicyclic) bond motifs is 2. The molecule has 17 heteroatoms. The molecule has 0 spiro atoms. The number of anilines is 1. The SMILES string of the molecule is CCc1nc(NC2CCN(Cc3ccc4c(cc(C#N)n4C[C@H](C)N4CCN(S(C)(=O)=O)[C@H](C(=O)NC)C4)c3C)CC2)c2cc(CC(F)(F)F)sc2n1. The van der Waals surface area contributed by atoms with Gasteiger partial charge in [-0.25, -0.2) is 18.4 Å². The first kappa shape index (κ1) is 38.9. The van der Waals surface area contributed by atoms with Crippen molar-refractivity contribution in [2.45, 2.75) is 83.8 Å². The molecule has 2 N–H and O–H groups in total. The largest absolute Gasteiger partial charge is 0.393 e. The van der Waals surface area contributed by atoms with Crippen LogP contribution in [-0.4, -0.2) is 113 Å². The van der Waals surface area contributed by atoms with Crippen LogP contribution in [0.25, 0.3) is 21.1 Å². The average molecular weight is 774 g/mol. The van der Waals surface area contributed by atoms with Crippen LogP contribution in [0.4, 0.5) is 19.0 Å². The van der Waals surface area contributed by atoms with Crippen LogP contribution < -0.4 is 10.6 Å². The summed E-state index contributed by atoms with van der Waals surface area (Å²) in [5, 5.41) is 17.9. The molecule has 1 aromatic carbocycles. The highest BCUT2D eigenvalue weighted by atomic mass is 32.2. The topological polar surface area (TPSA) is 139 Å². The number of nitriles is 1. The molecule has 0 bridgehead atoms. The summed E-state index contributed by atoms with van der Waals surface area (Å²) in [4.78, 5) is 27.1. The van der Waals surface area contributed by atoms with Gasteiger partial charge in [-0.3, -0.25) is 14.6 Å². The zero-order valence-corrected chi connectivity index (χ0v) is 32.3. The molecule has 5 heterocycles. The van der Waals surface area contributed by atoms with Crippen LogP contribution in [0, 0.1) is 18.3 Å². The van der Waals surface area contributed by atoms with E-state index in [2.05, 4.69) is 55.5 Å². The van der Waals surface area contributed by atoms with Crippen molar-refractivity contribution >= 4 is 54.2 Å². The van der Waals surface area contributed by atoms with Crippen molar-refractivity contribution in [1.29, 1.82) is 5.26 Å². The number of aromatic nitrogens is 3. The number of amides is 1. The summed E-state index contributed by atoms with van der Waals surface area (Å²) in [7, 11) is -2.06. The lowest BCUT2D eigenvalue weighted by Gasteiger charge is -2.41. The smallest absolute Gasteiger partial charge is 0.367 e. The third-order valence-corrected chi connectivity index (χ3v) is 12.8. The number of aryl methyl sites for hydroxylation is 2. The first-order valence-electron chi connectivity index (χ1n) is 17.9. The third-order valence-electron chi connectivity index (χ3n) is 10.5. The number of rotatable bonds is 11. The molecule has 0 saturated carbocycles. The lowest BCUT2D eigenvalue weighted by molar-refractivity contribution is -0.127. The Morgan fingerprint density at radius 1 is 1.13 bits per heavy atom. The van der Waals surface area contributed by atoms with E-state index in [-0.39, 0.29) is 36.0 Å².